The van der Waals surface area contributed by atoms with E-state index in [9.17, 15) is 15.2 Å². The first-order valence-electron chi connectivity index (χ1n) is 11.0. The number of rotatable bonds is 7. The number of ether oxygens (including phenoxy) is 1. The van der Waals surface area contributed by atoms with E-state index in [0.717, 1.165) is 29.1 Å². The molecule has 4 rings (SSSR count). The Morgan fingerprint density at radius 1 is 1.12 bits per heavy atom. The first-order chi connectivity index (χ1) is 15.6. The summed E-state index contributed by atoms with van der Waals surface area (Å²) in [6.45, 7) is 1.26. The van der Waals surface area contributed by atoms with Crippen LogP contribution in [-0.2, 0) is 21.4 Å². The van der Waals surface area contributed by atoms with E-state index in [1.165, 1.54) is 11.8 Å². The summed E-state index contributed by atoms with van der Waals surface area (Å²) in [4.78, 5) is 14.6. The molecule has 1 heterocycles. The van der Waals surface area contributed by atoms with E-state index in [1.54, 1.807) is 6.08 Å². The summed E-state index contributed by atoms with van der Waals surface area (Å²) in [6.07, 6.45) is 6.04. The van der Waals surface area contributed by atoms with E-state index in [4.69, 9.17) is 4.74 Å². The lowest BCUT2D eigenvalue weighted by molar-refractivity contribution is -0.126. The smallest absolute Gasteiger partial charge is 0.162 e. The van der Waals surface area contributed by atoms with Crippen molar-refractivity contribution in [1.82, 2.24) is 0 Å². The topological polar surface area (TPSA) is 70.3 Å². The molecule has 3 atom stereocenters. The standard InChI is InChI=1S/C27H27NO3S/c28-17-24-26(30)23(19-32-22-12-7-15-31-18-22)25(29)16-27(24,21-10-5-2-6-11-21)14-13-20-8-3-1-4-9-20/h1-6,8-12,16,23-24,29H,7,13-15,18-19H2. The van der Waals surface area contributed by atoms with E-state index >= 15 is 0 Å². The van der Waals surface area contributed by atoms with Gasteiger partial charge in [0.15, 0.2) is 5.78 Å². The third kappa shape index (κ3) is 4.67. The molecule has 5 heteroatoms. The van der Waals surface area contributed by atoms with Gasteiger partial charge in [-0.3, -0.25) is 4.79 Å². The average Bonchev–Trinajstić information content (AvgIpc) is 2.84. The summed E-state index contributed by atoms with van der Waals surface area (Å²) in [7, 11) is 0. The number of aliphatic hydroxyl groups is 1. The van der Waals surface area contributed by atoms with Gasteiger partial charge in [-0.25, -0.2) is 0 Å². The van der Waals surface area contributed by atoms with Crippen LogP contribution in [0.5, 0.6) is 0 Å². The SMILES string of the molecule is N#CC1C(=O)C(CSC2=CCCOC2)C(O)=CC1(CCc1ccccc1)c1ccccc1. The van der Waals surface area contributed by atoms with Crippen molar-refractivity contribution in [1.29, 1.82) is 5.26 Å². The number of Topliss-reactive ketones (excluding diaryl/α,β-unsaturated/α-hetero) is 1. The second-order valence-corrected chi connectivity index (χ2v) is 9.45. The maximum absolute atomic E-state index is 13.6. The first kappa shape index (κ1) is 22.4. The summed E-state index contributed by atoms with van der Waals surface area (Å²) in [6, 6.07) is 22.0. The molecular formula is C27H27NO3S. The Morgan fingerprint density at radius 2 is 1.84 bits per heavy atom. The third-order valence-electron chi connectivity index (χ3n) is 6.33. The Bertz CT molecular complexity index is 1040. The molecule has 3 unspecified atom stereocenters. The highest BCUT2D eigenvalue weighted by atomic mass is 32.2. The number of hydrogen-bond donors (Lipinski definition) is 1. The summed E-state index contributed by atoms with van der Waals surface area (Å²) in [5.74, 6) is -1.25. The van der Waals surface area contributed by atoms with Crippen LogP contribution in [-0.4, -0.2) is 29.9 Å². The van der Waals surface area contributed by atoms with E-state index in [-0.39, 0.29) is 11.5 Å². The Morgan fingerprint density at radius 3 is 2.50 bits per heavy atom. The molecule has 1 aliphatic heterocycles. The molecule has 0 bridgehead atoms. The number of aliphatic hydroxyl groups excluding tert-OH is 1. The number of aryl methyl sites for hydroxylation is 1. The van der Waals surface area contributed by atoms with Crippen LogP contribution >= 0.6 is 11.8 Å². The number of thioether (sulfide) groups is 1. The Balaban J connectivity index is 1.67. The first-order valence-corrected chi connectivity index (χ1v) is 12.0. The van der Waals surface area contributed by atoms with Crippen molar-refractivity contribution < 1.29 is 14.6 Å². The van der Waals surface area contributed by atoms with Crippen molar-refractivity contribution in [2.24, 2.45) is 11.8 Å². The predicted molar refractivity (Wildman–Crippen MR) is 127 cm³/mol. The second kappa shape index (κ2) is 10.2. The number of nitriles is 1. The zero-order valence-electron chi connectivity index (χ0n) is 17.9. The third-order valence-corrected chi connectivity index (χ3v) is 7.49. The molecular weight excluding hydrogens is 418 g/mol. The normalized spacial score (nSPS) is 25.5. The van der Waals surface area contributed by atoms with Gasteiger partial charge in [0.2, 0.25) is 0 Å². The zero-order valence-corrected chi connectivity index (χ0v) is 18.8. The van der Waals surface area contributed by atoms with Gasteiger partial charge >= 0.3 is 0 Å². The van der Waals surface area contributed by atoms with E-state index < -0.39 is 17.3 Å². The van der Waals surface area contributed by atoms with Gasteiger partial charge in [-0.2, -0.15) is 5.26 Å². The number of carbonyl (C=O) groups is 1. The highest BCUT2D eigenvalue weighted by molar-refractivity contribution is 8.03. The van der Waals surface area contributed by atoms with Crippen LogP contribution in [0, 0.1) is 23.2 Å². The van der Waals surface area contributed by atoms with Crippen LogP contribution in [0.15, 0.2) is 83.5 Å². The molecule has 2 aromatic rings. The van der Waals surface area contributed by atoms with Crippen molar-refractivity contribution in [2.75, 3.05) is 19.0 Å². The molecule has 0 spiro atoms. The number of nitrogens with zero attached hydrogens (tertiary/aromatic N) is 1. The summed E-state index contributed by atoms with van der Waals surface area (Å²) in [5, 5.41) is 21.2. The number of allylic oxidation sites excluding steroid dienone is 2. The molecule has 0 saturated carbocycles. The fourth-order valence-electron chi connectivity index (χ4n) is 4.58. The summed E-state index contributed by atoms with van der Waals surface area (Å²) < 4.78 is 5.48. The molecule has 32 heavy (non-hydrogen) atoms. The Labute approximate surface area is 193 Å². The molecule has 1 aliphatic carbocycles. The van der Waals surface area contributed by atoms with Crippen LogP contribution < -0.4 is 0 Å². The van der Waals surface area contributed by atoms with Gasteiger partial charge in [0.25, 0.3) is 0 Å². The molecule has 0 aromatic heterocycles. The lowest BCUT2D eigenvalue weighted by Gasteiger charge is -2.40. The van der Waals surface area contributed by atoms with Crippen molar-refractivity contribution in [3.63, 3.8) is 0 Å². The number of ketones is 1. The molecule has 0 radical (unpaired) electrons. The van der Waals surface area contributed by atoms with Gasteiger partial charge in [-0.1, -0.05) is 66.7 Å². The molecule has 2 aromatic carbocycles. The van der Waals surface area contributed by atoms with E-state index in [0.29, 0.717) is 25.2 Å². The van der Waals surface area contributed by atoms with Crippen molar-refractivity contribution in [3.05, 3.63) is 94.6 Å². The molecule has 0 fully saturated rings. The number of benzene rings is 2. The van der Waals surface area contributed by atoms with Crippen molar-refractivity contribution in [3.8, 4) is 6.07 Å². The van der Waals surface area contributed by atoms with Crippen LogP contribution in [0.2, 0.25) is 0 Å². The predicted octanol–water partition coefficient (Wildman–Crippen LogP) is 5.38. The fraction of sp³-hybridized carbons (Fsp3) is 0.333. The largest absolute Gasteiger partial charge is 0.512 e. The van der Waals surface area contributed by atoms with Gasteiger partial charge in [-0.05, 0) is 36.5 Å². The highest BCUT2D eigenvalue weighted by Gasteiger charge is 2.50. The molecule has 164 valence electrons. The molecule has 1 N–H and O–H groups in total. The molecule has 0 amide bonds. The van der Waals surface area contributed by atoms with Gasteiger partial charge < -0.3 is 9.84 Å². The van der Waals surface area contributed by atoms with Crippen LogP contribution in [0.1, 0.15) is 24.0 Å². The average molecular weight is 446 g/mol. The monoisotopic (exact) mass is 445 g/mol. The van der Waals surface area contributed by atoms with Crippen molar-refractivity contribution in [2.45, 2.75) is 24.7 Å². The summed E-state index contributed by atoms with van der Waals surface area (Å²) >= 11 is 1.54. The van der Waals surface area contributed by atoms with Gasteiger partial charge in [0.1, 0.15) is 11.7 Å². The lowest BCUT2D eigenvalue weighted by Crippen LogP contribution is -2.46. The summed E-state index contributed by atoms with van der Waals surface area (Å²) in [5.41, 5.74) is 1.17. The number of carbonyl (C=O) groups excluding carboxylic acids is 1. The number of hydrogen-bond acceptors (Lipinski definition) is 5. The van der Waals surface area contributed by atoms with E-state index in [1.807, 2.05) is 60.7 Å². The maximum Gasteiger partial charge on any atom is 0.162 e. The minimum Gasteiger partial charge on any atom is -0.512 e. The van der Waals surface area contributed by atoms with Crippen LogP contribution in [0.25, 0.3) is 0 Å². The highest BCUT2D eigenvalue weighted by Crippen LogP contribution is 2.46. The molecule has 2 aliphatic rings. The minimum absolute atomic E-state index is 0.0724. The van der Waals surface area contributed by atoms with Gasteiger partial charge in [0.05, 0.1) is 25.2 Å². The Hall–Kier alpha value is -2.81. The zero-order chi connectivity index (χ0) is 22.4. The Kier molecular flexibility index (Phi) is 7.14. The van der Waals surface area contributed by atoms with Crippen LogP contribution in [0.4, 0.5) is 0 Å². The second-order valence-electron chi connectivity index (χ2n) is 8.30. The van der Waals surface area contributed by atoms with Crippen LogP contribution in [0.3, 0.4) is 0 Å². The lowest BCUT2D eigenvalue weighted by atomic mass is 9.61. The van der Waals surface area contributed by atoms with E-state index in [2.05, 4.69) is 12.1 Å². The maximum atomic E-state index is 13.6. The van der Waals surface area contributed by atoms with Gasteiger partial charge in [0, 0.05) is 16.1 Å². The quantitative estimate of drug-likeness (QED) is 0.620. The molecule has 4 nitrogen and oxygen atoms in total. The minimum atomic E-state index is -0.860. The molecule has 0 saturated heterocycles. The van der Waals surface area contributed by atoms with Crippen molar-refractivity contribution >= 4 is 17.5 Å². The fourth-order valence-corrected chi connectivity index (χ4v) is 5.69. The van der Waals surface area contributed by atoms with Gasteiger partial charge in [-0.15, -0.1) is 11.8 Å².